The predicted molar refractivity (Wildman–Crippen MR) is 69.3 cm³/mol. The molecule has 21 heavy (non-hydrogen) atoms. The predicted octanol–water partition coefficient (Wildman–Crippen LogP) is 3.64. The average Bonchev–Trinajstić information content (AvgIpc) is 2.43. The van der Waals surface area contributed by atoms with Gasteiger partial charge in [0.1, 0.15) is 11.3 Å². The molecule has 0 saturated carbocycles. The lowest BCUT2D eigenvalue weighted by Crippen LogP contribution is -2.02. The largest absolute Gasteiger partial charge is 0.478 e. The maximum Gasteiger partial charge on any atom is 0.339 e. The molecule has 1 N–H and O–H groups in total. The van der Waals surface area contributed by atoms with E-state index in [-0.39, 0.29) is 16.9 Å². The summed E-state index contributed by atoms with van der Waals surface area (Å²) in [6, 6.07) is 7.43. The van der Waals surface area contributed by atoms with Crippen molar-refractivity contribution < 1.29 is 23.4 Å². The fourth-order valence-electron chi connectivity index (χ4n) is 1.73. The molecule has 4 nitrogen and oxygen atoms in total. The minimum atomic E-state index is -1.27. The van der Waals surface area contributed by atoms with Crippen LogP contribution >= 0.6 is 0 Å². The van der Waals surface area contributed by atoms with Crippen molar-refractivity contribution in [1.82, 2.24) is 0 Å². The van der Waals surface area contributed by atoms with Gasteiger partial charge in [-0.3, -0.25) is 0 Å². The van der Waals surface area contributed by atoms with Crippen LogP contribution in [0.4, 0.5) is 8.78 Å². The Bertz CT molecular complexity index is 743. The molecule has 0 aliphatic rings. The van der Waals surface area contributed by atoms with Gasteiger partial charge in [0, 0.05) is 0 Å². The van der Waals surface area contributed by atoms with Crippen LogP contribution in [-0.4, -0.2) is 11.1 Å². The van der Waals surface area contributed by atoms with Gasteiger partial charge in [0.05, 0.1) is 11.6 Å². The summed E-state index contributed by atoms with van der Waals surface area (Å²) in [4.78, 5) is 11.1. The molecule has 6 heteroatoms. The molecule has 0 radical (unpaired) electrons. The van der Waals surface area contributed by atoms with Gasteiger partial charge in [0.25, 0.3) is 0 Å². The molecule has 106 valence electrons. The van der Waals surface area contributed by atoms with E-state index >= 15 is 0 Å². The van der Waals surface area contributed by atoms with E-state index in [4.69, 9.17) is 15.1 Å². The lowest BCUT2D eigenvalue weighted by atomic mass is 10.1. The molecule has 0 aromatic heterocycles. The number of nitrogens with zero attached hydrogens (tertiary/aromatic N) is 1. The minimum Gasteiger partial charge on any atom is -0.478 e. The summed E-state index contributed by atoms with van der Waals surface area (Å²) >= 11 is 0. The highest BCUT2D eigenvalue weighted by molar-refractivity contribution is 5.91. The molecule has 0 unspecified atom stereocenters. The smallest absolute Gasteiger partial charge is 0.339 e. The molecule has 0 saturated heterocycles. The van der Waals surface area contributed by atoms with Crippen LogP contribution in [0.3, 0.4) is 0 Å². The molecule has 0 atom stereocenters. The van der Waals surface area contributed by atoms with E-state index in [9.17, 15) is 13.6 Å². The molecule has 2 aromatic rings. The Morgan fingerprint density at radius 3 is 2.38 bits per heavy atom. The first kappa shape index (κ1) is 14.5. The zero-order chi connectivity index (χ0) is 15.6. The van der Waals surface area contributed by atoms with E-state index in [0.717, 1.165) is 12.1 Å². The molecule has 2 rings (SSSR count). The van der Waals surface area contributed by atoms with Crippen molar-refractivity contribution in [2.75, 3.05) is 0 Å². The fourth-order valence-corrected chi connectivity index (χ4v) is 1.73. The SMILES string of the molecule is Cc1ccc(Oc2c(F)cc(C#N)cc2F)c(C(=O)O)c1. The lowest BCUT2D eigenvalue weighted by Gasteiger charge is -2.11. The second kappa shape index (κ2) is 5.59. The molecule has 0 bridgehead atoms. The Morgan fingerprint density at radius 2 is 1.86 bits per heavy atom. The first-order chi connectivity index (χ1) is 9.92. The number of carboxylic acid groups (broad SMARTS) is 1. The summed E-state index contributed by atoms with van der Waals surface area (Å²) in [5.74, 6) is -4.37. The molecule has 0 amide bonds. The lowest BCUT2D eigenvalue weighted by molar-refractivity contribution is 0.0693. The Kier molecular flexibility index (Phi) is 3.85. The Morgan fingerprint density at radius 1 is 1.24 bits per heavy atom. The van der Waals surface area contributed by atoms with Gasteiger partial charge in [-0.25, -0.2) is 13.6 Å². The van der Waals surface area contributed by atoms with Gasteiger partial charge in [-0.1, -0.05) is 11.6 Å². The average molecular weight is 289 g/mol. The van der Waals surface area contributed by atoms with Crippen molar-refractivity contribution in [2.24, 2.45) is 0 Å². The summed E-state index contributed by atoms with van der Waals surface area (Å²) in [6.45, 7) is 1.68. The van der Waals surface area contributed by atoms with E-state index in [1.165, 1.54) is 12.1 Å². The normalized spacial score (nSPS) is 10.0. The first-order valence-corrected chi connectivity index (χ1v) is 5.83. The molecular weight excluding hydrogens is 280 g/mol. The van der Waals surface area contributed by atoms with Crippen molar-refractivity contribution in [3.63, 3.8) is 0 Å². The zero-order valence-electron chi connectivity index (χ0n) is 10.9. The zero-order valence-corrected chi connectivity index (χ0v) is 10.9. The summed E-state index contributed by atoms with van der Waals surface area (Å²) in [5.41, 5.74) is 0.262. The van der Waals surface area contributed by atoms with E-state index in [1.54, 1.807) is 19.1 Å². The van der Waals surface area contributed by atoms with Crippen LogP contribution < -0.4 is 4.74 Å². The van der Waals surface area contributed by atoms with Crippen LogP contribution in [0, 0.1) is 29.9 Å². The van der Waals surface area contributed by atoms with Crippen LogP contribution in [0.15, 0.2) is 30.3 Å². The Hall–Kier alpha value is -2.94. The van der Waals surface area contributed by atoms with E-state index in [2.05, 4.69) is 0 Å². The molecule has 0 fully saturated rings. The summed E-state index contributed by atoms with van der Waals surface area (Å²) < 4.78 is 32.5. The molecule has 0 heterocycles. The van der Waals surface area contributed by atoms with Gasteiger partial charge in [0.2, 0.25) is 0 Å². The maximum absolute atomic E-state index is 13.7. The molecule has 0 spiro atoms. The number of halogens is 2. The maximum atomic E-state index is 13.7. The van der Waals surface area contributed by atoms with Crippen molar-refractivity contribution in [1.29, 1.82) is 5.26 Å². The monoisotopic (exact) mass is 289 g/mol. The third-order valence-corrected chi connectivity index (χ3v) is 2.70. The number of aromatic carboxylic acids is 1. The fraction of sp³-hybridized carbons (Fsp3) is 0.0667. The number of benzene rings is 2. The van der Waals surface area contributed by atoms with Crippen LogP contribution in [-0.2, 0) is 0 Å². The van der Waals surface area contributed by atoms with E-state index in [1.807, 2.05) is 0 Å². The van der Waals surface area contributed by atoms with Crippen LogP contribution in [0.2, 0.25) is 0 Å². The number of aryl methyl sites for hydroxylation is 1. The highest BCUT2D eigenvalue weighted by Crippen LogP contribution is 2.31. The molecule has 2 aromatic carbocycles. The van der Waals surface area contributed by atoms with Crippen LogP contribution in [0.5, 0.6) is 11.5 Å². The first-order valence-electron chi connectivity index (χ1n) is 5.83. The Balaban J connectivity index is 2.49. The van der Waals surface area contributed by atoms with Crippen LogP contribution in [0.25, 0.3) is 0 Å². The van der Waals surface area contributed by atoms with Gasteiger partial charge < -0.3 is 9.84 Å². The van der Waals surface area contributed by atoms with Gasteiger partial charge in [0.15, 0.2) is 17.4 Å². The van der Waals surface area contributed by atoms with Gasteiger partial charge in [-0.15, -0.1) is 0 Å². The summed E-state index contributed by atoms with van der Waals surface area (Å²) in [6.07, 6.45) is 0. The van der Waals surface area contributed by atoms with E-state index in [0.29, 0.717) is 5.56 Å². The third-order valence-electron chi connectivity index (χ3n) is 2.70. The standard InChI is InChI=1S/C15H9F2NO3/c1-8-2-3-13(10(4-8)15(19)20)21-14-11(16)5-9(7-18)6-12(14)17/h2-6H,1H3,(H,19,20). The highest BCUT2D eigenvalue weighted by atomic mass is 19.1. The van der Waals surface area contributed by atoms with Gasteiger partial charge >= 0.3 is 5.97 Å². The van der Waals surface area contributed by atoms with Crippen molar-refractivity contribution in [2.45, 2.75) is 6.92 Å². The topological polar surface area (TPSA) is 70.3 Å². The molecular formula is C15H9F2NO3. The minimum absolute atomic E-state index is 0.185. The molecule has 0 aliphatic heterocycles. The number of carbonyl (C=O) groups is 1. The highest BCUT2D eigenvalue weighted by Gasteiger charge is 2.18. The quantitative estimate of drug-likeness (QED) is 0.936. The second-order valence-electron chi connectivity index (χ2n) is 4.29. The number of hydrogen-bond donors (Lipinski definition) is 1. The second-order valence-corrected chi connectivity index (χ2v) is 4.29. The van der Waals surface area contributed by atoms with Crippen LogP contribution in [0.1, 0.15) is 21.5 Å². The Labute approximate surface area is 118 Å². The van der Waals surface area contributed by atoms with Crippen molar-refractivity contribution in [3.8, 4) is 17.6 Å². The molecule has 0 aliphatic carbocycles. The number of rotatable bonds is 3. The number of hydrogen-bond acceptors (Lipinski definition) is 3. The van der Waals surface area contributed by atoms with Gasteiger partial charge in [-0.05, 0) is 31.2 Å². The number of ether oxygens (including phenoxy) is 1. The summed E-state index contributed by atoms with van der Waals surface area (Å²) in [5, 5.41) is 17.7. The number of carboxylic acids is 1. The summed E-state index contributed by atoms with van der Waals surface area (Å²) in [7, 11) is 0. The number of nitriles is 1. The van der Waals surface area contributed by atoms with Crippen molar-refractivity contribution in [3.05, 3.63) is 58.7 Å². The third kappa shape index (κ3) is 2.98. The van der Waals surface area contributed by atoms with Gasteiger partial charge in [-0.2, -0.15) is 5.26 Å². The van der Waals surface area contributed by atoms with E-state index < -0.39 is 23.4 Å². The van der Waals surface area contributed by atoms with Crippen molar-refractivity contribution >= 4 is 5.97 Å².